The van der Waals surface area contributed by atoms with Gasteiger partial charge in [-0.2, -0.15) is 0 Å². The van der Waals surface area contributed by atoms with Crippen LogP contribution < -0.4 is 15.0 Å². The number of carbonyl (C=O) groups is 1. The van der Waals surface area contributed by atoms with Crippen LogP contribution in [0.1, 0.15) is 45.1 Å². The molecule has 0 saturated carbocycles. The van der Waals surface area contributed by atoms with E-state index in [1.54, 1.807) is 18.3 Å². The number of nitrogens with zero attached hydrogens (tertiary/aromatic N) is 3. The van der Waals surface area contributed by atoms with E-state index in [-0.39, 0.29) is 17.6 Å². The average Bonchev–Trinajstić information content (AvgIpc) is 3.49. The van der Waals surface area contributed by atoms with E-state index in [4.69, 9.17) is 17.0 Å². The van der Waals surface area contributed by atoms with Gasteiger partial charge in [0.25, 0.3) is 0 Å². The molecule has 2 atom stereocenters. The van der Waals surface area contributed by atoms with Crippen molar-refractivity contribution in [3.8, 4) is 17.2 Å². The van der Waals surface area contributed by atoms with Gasteiger partial charge in [-0.15, -0.1) is 0 Å². The maximum atomic E-state index is 12.1. The first-order valence-electron chi connectivity index (χ1n) is 13.3. The fraction of sp³-hybridized carbons (Fsp3) is 0.121. The number of carboxylic acid groups (broad SMARTS) is 1. The summed E-state index contributed by atoms with van der Waals surface area (Å²) >= 11 is 5.92. The van der Waals surface area contributed by atoms with Gasteiger partial charge in [-0.1, -0.05) is 36.4 Å². The molecule has 3 aromatic carbocycles. The Balaban J connectivity index is 1.44. The highest BCUT2D eigenvalue weighted by Gasteiger charge is 2.42. The van der Waals surface area contributed by atoms with Gasteiger partial charge in [-0.25, -0.2) is 4.79 Å². The van der Waals surface area contributed by atoms with Crippen LogP contribution in [0.3, 0.4) is 0 Å². The first-order valence-corrected chi connectivity index (χ1v) is 13.7. The molecule has 8 heteroatoms. The molecule has 0 spiro atoms. The van der Waals surface area contributed by atoms with Crippen molar-refractivity contribution in [3.05, 3.63) is 138 Å². The maximum absolute atomic E-state index is 12.1. The minimum atomic E-state index is -0.968. The fourth-order valence-corrected chi connectivity index (χ4v) is 5.90. The number of para-hydroxylation sites is 2. The number of hydrogen-bond donors (Lipinski definition) is 2. The summed E-state index contributed by atoms with van der Waals surface area (Å²) < 4.78 is 8.02. The summed E-state index contributed by atoms with van der Waals surface area (Å²) in [5, 5.41) is 14.0. The van der Waals surface area contributed by atoms with Gasteiger partial charge in [-0.3, -0.25) is 4.98 Å². The first kappa shape index (κ1) is 26.3. The van der Waals surface area contributed by atoms with Crippen molar-refractivity contribution in [1.82, 2.24) is 14.9 Å². The molecule has 2 N–H and O–H groups in total. The summed E-state index contributed by atoms with van der Waals surface area (Å²) in [6, 6.07) is 32.1. The first-order chi connectivity index (χ1) is 19.9. The number of hydrogen-bond acceptors (Lipinski definition) is 4. The highest BCUT2D eigenvalue weighted by molar-refractivity contribution is 7.80. The van der Waals surface area contributed by atoms with Crippen LogP contribution in [0.5, 0.6) is 11.5 Å². The van der Waals surface area contributed by atoms with Crippen LogP contribution in [0.2, 0.25) is 0 Å². The zero-order chi connectivity index (χ0) is 28.5. The molecule has 1 aliphatic rings. The number of aromatic nitrogens is 2. The zero-order valence-corrected chi connectivity index (χ0v) is 23.4. The molecule has 2 aromatic heterocycles. The topological polar surface area (TPSA) is 79.6 Å². The van der Waals surface area contributed by atoms with Crippen LogP contribution in [0.4, 0.5) is 5.69 Å². The average molecular weight is 561 g/mol. The molecule has 1 saturated heterocycles. The Morgan fingerprint density at radius 1 is 0.902 bits per heavy atom. The number of aromatic carboxylic acids is 1. The lowest BCUT2D eigenvalue weighted by Gasteiger charge is -2.28. The molecule has 1 aliphatic heterocycles. The number of carboxylic acids is 1. The molecule has 7 nitrogen and oxygen atoms in total. The second-order valence-electron chi connectivity index (χ2n) is 9.89. The second-order valence-corrected chi connectivity index (χ2v) is 10.3. The number of benzene rings is 3. The Kier molecular flexibility index (Phi) is 6.99. The molecule has 0 bridgehead atoms. The molecule has 1 fully saturated rings. The lowest BCUT2D eigenvalue weighted by atomic mass is 9.96. The van der Waals surface area contributed by atoms with Crippen LogP contribution >= 0.6 is 12.2 Å². The Morgan fingerprint density at radius 3 is 2.29 bits per heavy atom. The summed E-state index contributed by atoms with van der Waals surface area (Å²) in [7, 11) is 0. The van der Waals surface area contributed by atoms with Gasteiger partial charge in [-0.05, 0) is 98.4 Å². The maximum Gasteiger partial charge on any atom is 0.337 e. The quantitative estimate of drug-likeness (QED) is 0.205. The van der Waals surface area contributed by atoms with Crippen molar-refractivity contribution in [2.24, 2.45) is 0 Å². The molecule has 204 valence electrons. The molecule has 41 heavy (non-hydrogen) atoms. The van der Waals surface area contributed by atoms with Gasteiger partial charge in [0.2, 0.25) is 0 Å². The van der Waals surface area contributed by atoms with Crippen LogP contribution in [0.15, 0.2) is 109 Å². The van der Waals surface area contributed by atoms with E-state index in [0.29, 0.717) is 10.8 Å². The van der Waals surface area contributed by atoms with Crippen LogP contribution in [-0.2, 0) is 0 Å². The van der Waals surface area contributed by atoms with E-state index in [1.807, 2.05) is 103 Å². The number of thiocarbonyl (C=S) groups is 1. The minimum absolute atomic E-state index is 0.229. The highest BCUT2D eigenvalue weighted by Crippen LogP contribution is 2.44. The largest absolute Gasteiger partial charge is 0.478 e. The number of pyridine rings is 1. The molecule has 6 rings (SSSR count). The van der Waals surface area contributed by atoms with Crippen molar-refractivity contribution in [2.45, 2.75) is 25.9 Å². The molecule has 3 heterocycles. The van der Waals surface area contributed by atoms with Crippen molar-refractivity contribution in [3.63, 3.8) is 0 Å². The third-order valence-electron chi connectivity index (χ3n) is 7.36. The summed E-state index contributed by atoms with van der Waals surface area (Å²) in [4.78, 5) is 18.8. The predicted octanol–water partition coefficient (Wildman–Crippen LogP) is 7.16. The number of rotatable bonds is 7. The van der Waals surface area contributed by atoms with E-state index >= 15 is 0 Å². The van der Waals surface area contributed by atoms with E-state index in [1.165, 1.54) is 0 Å². The molecule has 0 radical (unpaired) electrons. The molecular weight excluding hydrogens is 532 g/mol. The Labute approximate surface area is 243 Å². The van der Waals surface area contributed by atoms with Crippen molar-refractivity contribution in [2.75, 3.05) is 4.90 Å². The summed E-state index contributed by atoms with van der Waals surface area (Å²) in [5.41, 5.74) is 5.52. The fourth-order valence-electron chi connectivity index (χ4n) is 5.56. The monoisotopic (exact) mass is 560 g/mol. The highest BCUT2D eigenvalue weighted by atomic mass is 32.1. The van der Waals surface area contributed by atoms with Crippen molar-refractivity contribution < 1.29 is 14.6 Å². The standard InChI is InChI=1S/C33H28N4O3S/c1-21-20-27(22(2)36(21)29-14-7-6-12-26(29)32(38)39)31-30(28-13-8-9-19-34-28)35-33(41)37(31)23-15-17-25(18-16-23)40-24-10-4-3-5-11-24/h3-20,30-31H,1-2H3,(H,35,41)(H,38,39)/t30-,31-/m1/s1. The number of nitrogens with one attached hydrogen (secondary N) is 1. The summed E-state index contributed by atoms with van der Waals surface area (Å²) in [6.45, 7) is 4.01. The normalized spacial score (nSPS) is 16.4. The van der Waals surface area contributed by atoms with Crippen molar-refractivity contribution >= 4 is 29.0 Å². The third-order valence-corrected chi connectivity index (χ3v) is 7.67. The van der Waals surface area contributed by atoms with Gasteiger partial charge >= 0.3 is 5.97 Å². The van der Waals surface area contributed by atoms with Gasteiger partial charge in [0.1, 0.15) is 11.5 Å². The van der Waals surface area contributed by atoms with E-state index in [2.05, 4.69) is 21.3 Å². The van der Waals surface area contributed by atoms with E-state index in [9.17, 15) is 9.90 Å². The zero-order valence-electron chi connectivity index (χ0n) is 22.6. The third kappa shape index (κ3) is 4.94. The Hall–Kier alpha value is -4.95. The number of anilines is 1. The van der Waals surface area contributed by atoms with Crippen molar-refractivity contribution in [1.29, 1.82) is 0 Å². The van der Waals surface area contributed by atoms with Gasteiger partial charge in [0.05, 0.1) is 29.0 Å². The van der Waals surface area contributed by atoms with Crippen LogP contribution in [-0.4, -0.2) is 25.7 Å². The SMILES string of the molecule is Cc1cc([C@@H]2[C@@H](c3ccccn3)NC(=S)N2c2ccc(Oc3ccccc3)cc2)c(C)n1-c1ccccc1C(=O)O. The number of ether oxygens (including phenoxy) is 1. The van der Waals surface area contributed by atoms with Gasteiger partial charge in [0.15, 0.2) is 5.11 Å². The molecule has 0 unspecified atom stereocenters. The summed E-state index contributed by atoms with van der Waals surface area (Å²) in [6.07, 6.45) is 1.78. The molecule has 0 aliphatic carbocycles. The smallest absolute Gasteiger partial charge is 0.337 e. The second kappa shape index (κ2) is 10.9. The summed E-state index contributed by atoms with van der Waals surface area (Å²) in [5.74, 6) is 0.518. The van der Waals surface area contributed by atoms with Gasteiger partial charge < -0.3 is 24.6 Å². The van der Waals surface area contributed by atoms with E-state index in [0.717, 1.165) is 39.8 Å². The Morgan fingerprint density at radius 2 is 1.59 bits per heavy atom. The molecule has 5 aromatic rings. The molecular formula is C33H28N4O3S. The van der Waals surface area contributed by atoms with E-state index < -0.39 is 5.97 Å². The minimum Gasteiger partial charge on any atom is -0.478 e. The lowest BCUT2D eigenvalue weighted by Crippen LogP contribution is -2.29. The van der Waals surface area contributed by atoms with Crippen LogP contribution in [0, 0.1) is 13.8 Å². The van der Waals surface area contributed by atoms with Crippen LogP contribution in [0.25, 0.3) is 5.69 Å². The predicted molar refractivity (Wildman–Crippen MR) is 163 cm³/mol. The lowest BCUT2D eigenvalue weighted by molar-refractivity contribution is 0.0697. The Bertz CT molecular complexity index is 1720. The van der Waals surface area contributed by atoms with Gasteiger partial charge in [0, 0.05) is 23.3 Å². The number of aryl methyl sites for hydroxylation is 1. The molecule has 0 amide bonds.